The molecule has 0 amide bonds. The standard InChI is InChI=1S/C15H25NOS/c1-3-8-16-15(14-11-18-10-12(14)2)7-6-13-5-4-9-17-13/h10-11,13,15-16H,3-9H2,1-2H3. The highest BCUT2D eigenvalue weighted by molar-refractivity contribution is 7.08. The van der Waals surface area contributed by atoms with E-state index in [0.29, 0.717) is 12.1 Å². The van der Waals surface area contributed by atoms with Crippen molar-refractivity contribution >= 4 is 11.3 Å². The first-order valence-corrected chi connectivity index (χ1v) is 8.13. The molecule has 0 aliphatic carbocycles. The van der Waals surface area contributed by atoms with E-state index >= 15 is 0 Å². The zero-order valence-corrected chi connectivity index (χ0v) is 12.4. The Hall–Kier alpha value is -0.380. The first kappa shape index (κ1) is 14.0. The monoisotopic (exact) mass is 267 g/mol. The molecule has 1 aromatic rings. The van der Waals surface area contributed by atoms with Gasteiger partial charge >= 0.3 is 0 Å². The van der Waals surface area contributed by atoms with Crippen LogP contribution in [-0.4, -0.2) is 19.3 Å². The summed E-state index contributed by atoms with van der Waals surface area (Å²) < 4.78 is 5.73. The molecule has 1 N–H and O–H groups in total. The molecule has 2 nitrogen and oxygen atoms in total. The number of rotatable bonds is 7. The maximum atomic E-state index is 5.73. The van der Waals surface area contributed by atoms with Crippen molar-refractivity contribution in [2.45, 2.75) is 58.1 Å². The Balaban J connectivity index is 1.90. The van der Waals surface area contributed by atoms with Gasteiger partial charge in [-0.1, -0.05) is 6.92 Å². The van der Waals surface area contributed by atoms with Gasteiger partial charge in [-0.15, -0.1) is 0 Å². The van der Waals surface area contributed by atoms with Gasteiger partial charge in [-0.25, -0.2) is 0 Å². The molecule has 3 heteroatoms. The SMILES string of the molecule is CCCNC(CCC1CCCO1)c1cscc1C. The van der Waals surface area contributed by atoms with E-state index in [2.05, 4.69) is 29.9 Å². The fourth-order valence-corrected chi connectivity index (χ4v) is 3.54. The van der Waals surface area contributed by atoms with Crippen LogP contribution in [0.25, 0.3) is 0 Å². The zero-order chi connectivity index (χ0) is 12.8. The van der Waals surface area contributed by atoms with Gasteiger partial charge in [0.1, 0.15) is 0 Å². The van der Waals surface area contributed by atoms with E-state index in [4.69, 9.17) is 4.74 Å². The Morgan fingerprint density at radius 3 is 3.00 bits per heavy atom. The molecule has 0 aromatic carbocycles. The lowest BCUT2D eigenvalue weighted by Crippen LogP contribution is -2.23. The van der Waals surface area contributed by atoms with Crippen LogP contribution in [0.4, 0.5) is 0 Å². The van der Waals surface area contributed by atoms with Crippen LogP contribution in [0.1, 0.15) is 56.2 Å². The summed E-state index contributed by atoms with van der Waals surface area (Å²) in [4.78, 5) is 0. The summed E-state index contributed by atoms with van der Waals surface area (Å²) in [5.41, 5.74) is 2.92. The van der Waals surface area contributed by atoms with Gasteiger partial charge in [0.05, 0.1) is 6.10 Å². The molecule has 2 rings (SSSR count). The Morgan fingerprint density at radius 2 is 2.39 bits per heavy atom. The number of hydrogen-bond donors (Lipinski definition) is 1. The fourth-order valence-electron chi connectivity index (χ4n) is 2.64. The molecule has 1 aromatic heterocycles. The molecule has 0 radical (unpaired) electrons. The largest absolute Gasteiger partial charge is 0.378 e. The van der Waals surface area contributed by atoms with Crippen molar-refractivity contribution in [2.75, 3.05) is 13.2 Å². The van der Waals surface area contributed by atoms with Crippen molar-refractivity contribution in [3.63, 3.8) is 0 Å². The summed E-state index contributed by atoms with van der Waals surface area (Å²) >= 11 is 1.81. The van der Waals surface area contributed by atoms with Gasteiger partial charge in [-0.05, 0) is 67.5 Å². The molecule has 0 saturated carbocycles. The lowest BCUT2D eigenvalue weighted by Gasteiger charge is -2.20. The van der Waals surface area contributed by atoms with E-state index < -0.39 is 0 Å². The molecule has 0 bridgehead atoms. The average Bonchev–Trinajstić information content (AvgIpc) is 3.01. The van der Waals surface area contributed by atoms with Crippen molar-refractivity contribution in [3.05, 3.63) is 21.9 Å². The predicted molar refractivity (Wildman–Crippen MR) is 78.3 cm³/mol. The van der Waals surface area contributed by atoms with E-state index in [1.807, 2.05) is 11.3 Å². The zero-order valence-electron chi connectivity index (χ0n) is 11.6. The second-order valence-corrected chi connectivity index (χ2v) is 5.97. The number of hydrogen-bond acceptors (Lipinski definition) is 3. The molecule has 1 aliphatic heterocycles. The molecular formula is C15H25NOS. The highest BCUT2D eigenvalue weighted by Crippen LogP contribution is 2.28. The van der Waals surface area contributed by atoms with Gasteiger partial charge in [-0.3, -0.25) is 0 Å². The van der Waals surface area contributed by atoms with Crippen molar-refractivity contribution in [1.29, 1.82) is 0 Å². The molecule has 2 heterocycles. The van der Waals surface area contributed by atoms with Crippen molar-refractivity contribution in [1.82, 2.24) is 5.32 Å². The van der Waals surface area contributed by atoms with Crippen molar-refractivity contribution in [2.24, 2.45) is 0 Å². The molecule has 102 valence electrons. The molecule has 2 atom stereocenters. The smallest absolute Gasteiger partial charge is 0.0576 e. The summed E-state index contributed by atoms with van der Waals surface area (Å²) in [6.07, 6.45) is 6.59. The van der Waals surface area contributed by atoms with E-state index in [9.17, 15) is 0 Å². The predicted octanol–water partition coefficient (Wildman–Crippen LogP) is 4.06. The molecule has 1 saturated heterocycles. The lowest BCUT2D eigenvalue weighted by molar-refractivity contribution is 0.0996. The second-order valence-electron chi connectivity index (χ2n) is 5.23. The van der Waals surface area contributed by atoms with Crippen LogP contribution in [0.2, 0.25) is 0 Å². The first-order chi connectivity index (χ1) is 8.81. The quantitative estimate of drug-likeness (QED) is 0.804. The van der Waals surface area contributed by atoms with E-state index in [1.165, 1.54) is 43.2 Å². The summed E-state index contributed by atoms with van der Waals surface area (Å²) in [6, 6.07) is 0.514. The molecule has 0 spiro atoms. The van der Waals surface area contributed by atoms with Crippen LogP contribution in [0.3, 0.4) is 0 Å². The number of aryl methyl sites for hydroxylation is 1. The minimum Gasteiger partial charge on any atom is -0.378 e. The van der Waals surface area contributed by atoms with Crippen LogP contribution in [0, 0.1) is 6.92 Å². The van der Waals surface area contributed by atoms with E-state index in [-0.39, 0.29) is 0 Å². The summed E-state index contributed by atoms with van der Waals surface area (Å²) in [5, 5.41) is 8.24. The number of ether oxygens (including phenoxy) is 1. The molecule has 2 unspecified atom stereocenters. The maximum Gasteiger partial charge on any atom is 0.0576 e. The molecular weight excluding hydrogens is 242 g/mol. The van der Waals surface area contributed by atoms with Gasteiger partial charge in [0.25, 0.3) is 0 Å². The summed E-state index contributed by atoms with van der Waals surface area (Å²) in [7, 11) is 0. The minimum atomic E-state index is 0.509. The Morgan fingerprint density at radius 1 is 1.50 bits per heavy atom. The van der Waals surface area contributed by atoms with Gasteiger partial charge in [0, 0.05) is 12.6 Å². The third-order valence-corrected chi connectivity index (χ3v) is 4.59. The molecule has 1 fully saturated rings. The second kappa shape index (κ2) is 7.27. The average molecular weight is 267 g/mol. The number of nitrogens with one attached hydrogen (secondary N) is 1. The first-order valence-electron chi connectivity index (χ1n) is 7.19. The summed E-state index contributed by atoms with van der Waals surface area (Å²) in [5.74, 6) is 0. The fraction of sp³-hybridized carbons (Fsp3) is 0.733. The van der Waals surface area contributed by atoms with Crippen molar-refractivity contribution in [3.8, 4) is 0 Å². The third kappa shape index (κ3) is 3.81. The topological polar surface area (TPSA) is 21.3 Å². The van der Waals surface area contributed by atoms with Gasteiger partial charge in [-0.2, -0.15) is 11.3 Å². The Kier molecular flexibility index (Phi) is 5.67. The van der Waals surface area contributed by atoms with Crippen LogP contribution < -0.4 is 5.32 Å². The number of thiophene rings is 1. The van der Waals surface area contributed by atoms with Crippen LogP contribution in [-0.2, 0) is 4.74 Å². The minimum absolute atomic E-state index is 0.509. The van der Waals surface area contributed by atoms with Gasteiger partial charge in [0.2, 0.25) is 0 Å². The Labute approximate surface area is 115 Å². The third-order valence-electron chi connectivity index (χ3n) is 3.71. The van der Waals surface area contributed by atoms with Crippen LogP contribution in [0.5, 0.6) is 0 Å². The maximum absolute atomic E-state index is 5.73. The molecule has 18 heavy (non-hydrogen) atoms. The highest BCUT2D eigenvalue weighted by Gasteiger charge is 2.19. The summed E-state index contributed by atoms with van der Waals surface area (Å²) in [6.45, 7) is 6.52. The van der Waals surface area contributed by atoms with Gasteiger partial charge in [0.15, 0.2) is 0 Å². The van der Waals surface area contributed by atoms with E-state index in [0.717, 1.165) is 13.2 Å². The molecule has 1 aliphatic rings. The normalized spacial score (nSPS) is 21.3. The van der Waals surface area contributed by atoms with Crippen LogP contribution >= 0.6 is 11.3 Å². The lowest BCUT2D eigenvalue weighted by atomic mass is 9.99. The van der Waals surface area contributed by atoms with E-state index in [1.54, 1.807) is 0 Å². The van der Waals surface area contributed by atoms with Crippen LogP contribution in [0.15, 0.2) is 10.8 Å². The van der Waals surface area contributed by atoms with Gasteiger partial charge < -0.3 is 10.1 Å². The Bertz CT molecular complexity index is 344. The van der Waals surface area contributed by atoms with Crippen molar-refractivity contribution < 1.29 is 4.74 Å². The highest BCUT2D eigenvalue weighted by atomic mass is 32.1.